The first kappa shape index (κ1) is 20.4. The topological polar surface area (TPSA) is 79.0 Å². The van der Waals surface area contributed by atoms with Gasteiger partial charge in [0.05, 0.1) is 0 Å². The van der Waals surface area contributed by atoms with Crippen molar-refractivity contribution >= 4 is 16.8 Å². The molecule has 30 heavy (non-hydrogen) atoms. The molecule has 158 valence electrons. The van der Waals surface area contributed by atoms with E-state index in [9.17, 15) is 9.90 Å². The second-order valence-corrected chi connectivity index (χ2v) is 7.74. The molecule has 1 fully saturated rings. The molecule has 3 aromatic rings. The maximum Gasteiger partial charge on any atom is 0.339 e. The Morgan fingerprint density at radius 1 is 1.13 bits per heavy atom. The Balaban J connectivity index is 1.29. The molecule has 0 aliphatic carbocycles. The number of rotatable bonds is 6. The molecular formula is C23H27N3O4. The number of aromatic nitrogens is 1. The van der Waals surface area contributed by atoms with Gasteiger partial charge in [-0.25, -0.2) is 9.78 Å². The van der Waals surface area contributed by atoms with Gasteiger partial charge >= 0.3 is 5.63 Å². The standard InChI is InChI=1S/C23H27N3O4/c1-16-17(2)23(28)30-21-13-19(6-7-20(16)21)29-15-18(27)14-25-9-11-26(12-10-25)22-5-3-4-8-24-22/h3-8,13,18,27H,9-12,14-15H2,1-2H3/t18-/m1/s1. The van der Waals surface area contributed by atoms with Crippen molar-refractivity contribution in [3.8, 4) is 5.75 Å². The van der Waals surface area contributed by atoms with Gasteiger partial charge in [-0.15, -0.1) is 0 Å². The molecule has 7 heteroatoms. The highest BCUT2D eigenvalue weighted by Crippen LogP contribution is 2.24. The zero-order valence-electron chi connectivity index (χ0n) is 17.4. The van der Waals surface area contributed by atoms with E-state index in [-0.39, 0.29) is 12.2 Å². The fraction of sp³-hybridized carbons (Fsp3) is 0.391. The molecule has 0 saturated carbocycles. The van der Waals surface area contributed by atoms with Crippen LogP contribution < -0.4 is 15.3 Å². The molecule has 1 aliphatic rings. The molecular weight excluding hydrogens is 382 g/mol. The lowest BCUT2D eigenvalue weighted by Gasteiger charge is -2.36. The Morgan fingerprint density at radius 2 is 1.93 bits per heavy atom. The Morgan fingerprint density at radius 3 is 2.67 bits per heavy atom. The highest BCUT2D eigenvalue weighted by atomic mass is 16.5. The predicted octanol–water partition coefficient (Wildman–Crippen LogP) is 2.37. The van der Waals surface area contributed by atoms with Crippen LogP contribution in [0, 0.1) is 13.8 Å². The number of aliphatic hydroxyl groups is 1. The van der Waals surface area contributed by atoms with E-state index in [0.29, 0.717) is 23.4 Å². The molecule has 0 amide bonds. The van der Waals surface area contributed by atoms with Crippen molar-refractivity contribution in [3.05, 3.63) is 64.1 Å². The lowest BCUT2D eigenvalue weighted by atomic mass is 10.1. The molecule has 1 aliphatic heterocycles. The number of fused-ring (bicyclic) bond motifs is 1. The van der Waals surface area contributed by atoms with Gasteiger partial charge in [0.25, 0.3) is 0 Å². The Kier molecular flexibility index (Phi) is 6.01. The van der Waals surface area contributed by atoms with Crippen molar-refractivity contribution in [2.45, 2.75) is 20.0 Å². The number of ether oxygens (including phenoxy) is 1. The fourth-order valence-corrected chi connectivity index (χ4v) is 3.76. The van der Waals surface area contributed by atoms with E-state index in [1.165, 1.54) is 0 Å². The van der Waals surface area contributed by atoms with Gasteiger partial charge in [-0.2, -0.15) is 0 Å². The summed E-state index contributed by atoms with van der Waals surface area (Å²) in [6, 6.07) is 11.4. The average Bonchev–Trinajstić information content (AvgIpc) is 2.77. The van der Waals surface area contributed by atoms with Crippen LogP contribution >= 0.6 is 0 Å². The third-order valence-electron chi connectivity index (χ3n) is 5.69. The Labute approximate surface area is 175 Å². The summed E-state index contributed by atoms with van der Waals surface area (Å²) in [5.74, 6) is 1.57. The van der Waals surface area contributed by atoms with Crippen LogP contribution in [0.25, 0.3) is 11.0 Å². The molecule has 0 radical (unpaired) electrons. The Bertz CT molecular complexity index is 1060. The van der Waals surface area contributed by atoms with Crippen LogP contribution in [0.3, 0.4) is 0 Å². The monoisotopic (exact) mass is 409 g/mol. The normalized spacial score (nSPS) is 16.0. The second kappa shape index (κ2) is 8.85. The van der Waals surface area contributed by atoms with Gasteiger partial charge < -0.3 is 19.2 Å². The predicted molar refractivity (Wildman–Crippen MR) is 116 cm³/mol. The number of aryl methyl sites for hydroxylation is 1. The van der Waals surface area contributed by atoms with Crippen molar-refractivity contribution in [1.82, 2.24) is 9.88 Å². The third-order valence-corrected chi connectivity index (χ3v) is 5.69. The van der Waals surface area contributed by atoms with Crippen LogP contribution in [0.4, 0.5) is 5.82 Å². The number of hydrogen-bond acceptors (Lipinski definition) is 7. The minimum Gasteiger partial charge on any atom is -0.491 e. The summed E-state index contributed by atoms with van der Waals surface area (Å²) in [6.07, 6.45) is 1.21. The number of piperazine rings is 1. The lowest BCUT2D eigenvalue weighted by molar-refractivity contribution is 0.0663. The zero-order valence-corrected chi connectivity index (χ0v) is 17.4. The molecule has 3 heterocycles. The van der Waals surface area contributed by atoms with Crippen LogP contribution in [0.2, 0.25) is 0 Å². The number of nitrogens with zero attached hydrogens (tertiary/aromatic N) is 3. The van der Waals surface area contributed by atoms with Crippen LogP contribution in [0.15, 0.2) is 51.8 Å². The summed E-state index contributed by atoms with van der Waals surface area (Å²) in [6.45, 7) is 7.91. The number of β-amino-alcohol motifs (C(OH)–C–C–N with tert-alkyl or cyclic N) is 1. The molecule has 1 saturated heterocycles. The molecule has 1 aromatic carbocycles. The number of anilines is 1. The maximum absolute atomic E-state index is 11.9. The number of benzene rings is 1. The van der Waals surface area contributed by atoms with E-state index in [0.717, 1.165) is 42.9 Å². The zero-order chi connectivity index (χ0) is 21.1. The van der Waals surface area contributed by atoms with Crippen LogP contribution in [-0.4, -0.2) is 60.4 Å². The van der Waals surface area contributed by atoms with Gasteiger partial charge in [-0.3, -0.25) is 4.90 Å². The molecule has 1 N–H and O–H groups in total. The summed E-state index contributed by atoms with van der Waals surface area (Å²) in [5, 5.41) is 11.3. The average molecular weight is 409 g/mol. The lowest BCUT2D eigenvalue weighted by Crippen LogP contribution is -2.49. The van der Waals surface area contributed by atoms with E-state index < -0.39 is 6.10 Å². The molecule has 0 spiro atoms. The van der Waals surface area contributed by atoms with E-state index in [1.54, 1.807) is 13.0 Å². The van der Waals surface area contributed by atoms with Gasteiger partial charge in [-0.05, 0) is 43.7 Å². The first-order valence-corrected chi connectivity index (χ1v) is 10.2. The smallest absolute Gasteiger partial charge is 0.339 e. The molecule has 0 unspecified atom stereocenters. The Hall–Kier alpha value is -2.90. The van der Waals surface area contributed by atoms with Gasteiger partial charge in [-0.1, -0.05) is 6.07 Å². The number of pyridine rings is 1. The minimum atomic E-state index is -0.603. The SMILES string of the molecule is Cc1c(C)c2ccc(OC[C@H](O)CN3CCN(c4ccccn4)CC3)cc2oc1=O. The maximum atomic E-state index is 11.9. The van der Waals surface area contributed by atoms with Gasteiger partial charge in [0, 0.05) is 55.9 Å². The summed E-state index contributed by atoms with van der Waals surface area (Å²) in [4.78, 5) is 20.8. The molecule has 1 atom stereocenters. The largest absolute Gasteiger partial charge is 0.491 e. The number of hydrogen-bond donors (Lipinski definition) is 1. The minimum absolute atomic E-state index is 0.182. The first-order chi connectivity index (χ1) is 14.5. The summed E-state index contributed by atoms with van der Waals surface area (Å²) < 4.78 is 11.1. The molecule has 2 aromatic heterocycles. The summed E-state index contributed by atoms with van der Waals surface area (Å²) >= 11 is 0. The fourth-order valence-electron chi connectivity index (χ4n) is 3.76. The highest BCUT2D eigenvalue weighted by Gasteiger charge is 2.20. The van der Waals surface area contributed by atoms with E-state index >= 15 is 0 Å². The van der Waals surface area contributed by atoms with Crippen LogP contribution in [0.1, 0.15) is 11.1 Å². The first-order valence-electron chi connectivity index (χ1n) is 10.2. The molecule has 7 nitrogen and oxygen atoms in total. The molecule has 0 bridgehead atoms. The van der Waals surface area contributed by atoms with Crippen molar-refractivity contribution in [1.29, 1.82) is 0 Å². The van der Waals surface area contributed by atoms with E-state index in [1.807, 2.05) is 43.5 Å². The molecule has 4 rings (SSSR count). The quantitative estimate of drug-likeness (QED) is 0.626. The van der Waals surface area contributed by atoms with Crippen molar-refractivity contribution in [2.24, 2.45) is 0 Å². The van der Waals surface area contributed by atoms with Crippen molar-refractivity contribution < 1.29 is 14.3 Å². The second-order valence-electron chi connectivity index (χ2n) is 7.74. The summed E-state index contributed by atoms with van der Waals surface area (Å²) in [5.41, 5.74) is 1.70. The van der Waals surface area contributed by atoms with Crippen molar-refractivity contribution in [2.75, 3.05) is 44.2 Å². The van der Waals surface area contributed by atoms with Crippen LogP contribution in [-0.2, 0) is 0 Å². The van der Waals surface area contributed by atoms with Crippen molar-refractivity contribution in [3.63, 3.8) is 0 Å². The van der Waals surface area contributed by atoms with E-state index in [2.05, 4.69) is 14.8 Å². The summed E-state index contributed by atoms with van der Waals surface area (Å²) in [7, 11) is 0. The van der Waals surface area contributed by atoms with Gasteiger partial charge in [0.1, 0.15) is 29.9 Å². The van der Waals surface area contributed by atoms with Crippen LogP contribution in [0.5, 0.6) is 5.75 Å². The highest BCUT2D eigenvalue weighted by molar-refractivity contribution is 5.82. The number of aliphatic hydroxyl groups excluding tert-OH is 1. The van der Waals surface area contributed by atoms with E-state index in [4.69, 9.17) is 9.15 Å². The third kappa shape index (κ3) is 4.47. The van der Waals surface area contributed by atoms with Gasteiger partial charge in [0.15, 0.2) is 0 Å². The van der Waals surface area contributed by atoms with Gasteiger partial charge in [0.2, 0.25) is 0 Å².